The molecule has 0 amide bonds. The fourth-order valence-electron chi connectivity index (χ4n) is 1.13. The predicted molar refractivity (Wildman–Crippen MR) is 35.4 cm³/mol. The molecule has 0 aromatic carbocycles. The van der Waals surface area contributed by atoms with Gasteiger partial charge in [-0.15, -0.1) is 0 Å². The number of ether oxygens (including phenoxy) is 2. The van der Waals surface area contributed by atoms with Gasteiger partial charge in [-0.25, -0.2) is 0 Å². The molecule has 1 aliphatic rings. The summed E-state index contributed by atoms with van der Waals surface area (Å²) in [6, 6.07) is 0. The van der Waals surface area contributed by atoms with E-state index < -0.39 is 0 Å². The fraction of sp³-hybridized carbons (Fsp3) is 1.00. The summed E-state index contributed by atoms with van der Waals surface area (Å²) in [4.78, 5) is 0. The molecule has 1 aliphatic heterocycles. The average molecular weight is 130 g/mol. The third-order valence-electron chi connectivity index (χ3n) is 1.72. The van der Waals surface area contributed by atoms with Crippen LogP contribution in [0.5, 0.6) is 0 Å². The Balaban J connectivity index is 2.30. The molecule has 2 heteroatoms. The van der Waals surface area contributed by atoms with E-state index in [-0.39, 0.29) is 0 Å². The molecule has 0 aromatic heterocycles. The van der Waals surface area contributed by atoms with Crippen molar-refractivity contribution in [3.8, 4) is 0 Å². The molecule has 1 heterocycles. The molecule has 1 saturated heterocycles. The summed E-state index contributed by atoms with van der Waals surface area (Å²) in [5.74, 6) is 0. The number of hydrogen-bond acceptors (Lipinski definition) is 2. The smallest absolute Gasteiger partial charge is 0.0832 e. The summed E-state index contributed by atoms with van der Waals surface area (Å²) in [5, 5.41) is 0. The monoisotopic (exact) mass is 130 g/mol. The first kappa shape index (κ1) is 7.03. The van der Waals surface area contributed by atoms with E-state index in [0.717, 1.165) is 19.6 Å². The van der Waals surface area contributed by atoms with Crippen molar-refractivity contribution in [3.63, 3.8) is 0 Å². The molecule has 0 aliphatic carbocycles. The van der Waals surface area contributed by atoms with E-state index in [0.29, 0.717) is 12.2 Å². The van der Waals surface area contributed by atoms with Crippen molar-refractivity contribution in [2.75, 3.05) is 13.2 Å². The number of hydrogen-bond donors (Lipinski definition) is 0. The highest BCUT2D eigenvalue weighted by molar-refractivity contribution is 4.67. The predicted octanol–water partition coefficient (Wildman–Crippen LogP) is 1.20. The van der Waals surface area contributed by atoms with Gasteiger partial charge in [-0.1, -0.05) is 6.92 Å². The van der Waals surface area contributed by atoms with Crippen LogP contribution in [0.2, 0.25) is 0 Å². The molecule has 0 N–H and O–H groups in total. The standard InChI is InChI=1S/C7H14O2/c1-3-7-6(2)8-4-5-9-7/h6-7H,3-5H2,1-2H3/t6-,7?/m0/s1. The SMILES string of the molecule is CCC1OCCO[C@H]1C. The van der Waals surface area contributed by atoms with E-state index in [1.54, 1.807) is 0 Å². The van der Waals surface area contributed by atoms with Gasteiger partial charge in [0.15, 0.2) is 0 Å². The molecule has 0 aromatic rings. The molecule has 2 atom stereocenters. The van der Waals surface area contributed by atoms with Crippen LogP contribution in [-0.2, 0) is 9.47 Å². The maximum atomic E-state index is 5.41. The van der Waals surface area contributed by atoms with E-state index >= 15 is 0 Å². The van der Waals surface area contributed by atoms with Gasteiger partial charge in [0.2, 0.25) is 0 Å². The van der Waals surface area contributed by atoms with Gasteiger partial charge in [-0.2, -0.15) is 0 Å². The maximum Gasteiger partial charge on any atom is 0.0832 e. The second-order valence-corrected chi connectivity index (χ2v) is 2.39. The van der Waals surface area contributed by atoms with E-state index in [9.17, 15) is 0 Å². The molecular weight excluding hydrogens is 116 g/mol. The Bertz CT molecular complexity index is 83.0. The van der Waals surface area contributed by atoms with Crippen LogP contribution in [0, 0.1) is 0 Å². The summed E-state index contributed by atoms with van der Waals surface area (Å²) < 4.78 is 10.8. The van der Waals surface area contributed by atoms with Crippen molar-refractivity contribution >= 4 is 0 Å². The third-order valence-corrected chi connectivity index (χ3v) is 1.72. The van der Waals surface area contributed by atoms with Gasteiger partial charge in [0.05, 0.1) is 25.4 Å². The molecule has 54 valence electrons. The van der Waals surface area contributed by atoms with Gasteiger partial charge in [0.1, 0.15) is 0 Å². The van der Waals surface area contributed by atoms with Gasteiger partial charge >= 0.3 is 0 Å². The van der Waals surface area contributed by atoms with Crippen LogP contribution in [0.4, 0.5) is 0 Å². The Morgan fingerprint density at radius 1 is 1.33 bits per heavy atom. The van der Waals surface area contributed by atoms with Crippen LogP contribution in [0.1, 0.15) is 20.3 Å². The van der Waals surface area contributed by atoms with Crippen LogP contribution in [0.25, 0.3) is 0 Å². The molecule has 0 bridgehead atoms. The Labute approximate surface area is 56.2 Å². The fourth-order valence-corrected chi connectivity index (χ4v) is 1.13. The second-order valence-electron chi connectivity index (χ2n) is 2.39. The summed E-state index contributed by atoms with van der Waals surface area (Å²) in [6.07, 6.45) is 1.68. The number of rotatable bonds is 1. The van der Waals surface area contributed by atoms with E-state index in [1.165, 1.54) is 0 Å². The lowest BCUT2D eigenvalue weighted by molar-refractivity contribution is -0.132. The first-order valence-electron chi connectivity index (χ1n) is 3.57. The normalized spacial score (nSPS) is 36.7. The van der Waals surface area contributed by atoms with Crippen LogP contribution in [-0.4, -0.2) is 25.4 Å². The van der Waals surface area contributed by atoms with Gasteiger partial charge in [0, 0.05) is 0 Å². The van der Waals surface area contributed by atoms with Crippen LogP contribution in [0.3, 0.4) is 0 Å². The quantitative estimate of drug-likeness (QED) is 0.531. The molecule has 1 rings (SSSR count). The molecule has 0 saturated carbocycles. The zero-order valence-electron chi connectivity index (χ0n) is 6.09. The Hall–Kier alpha value is -0.0800. The van der Waals surface area contributed by atoms with Crippen molar-refractivity contribution < 1.29 is 9.47 Å². The summed E-state index contributed by atoms with van der Waals surface area (Å²) in [6.45, 7) is 5.71. The Morgan fingerprint density at radius 3 is 2.44 bits per heavy atom. The van der Waals surface area contributed by atoms with Gasteiger partial charge < -0.3 is 9.47 Å². The molecule has 2 nitrogen and oxygen atoms in total. The highest BCUT2D eigenvalue weighted by Gasteiger charge is 2.19. The average Bonchev–Trinajstić information content (AvgIpc) is 1.89. The summed E-state index contributed by atoms with van der Waals surface area (Å²) >= 11 is 0. The lowest BCUT2D eigenvalue weighted by Crippen LogP contribution is -2.35. The van der Waals surface area contributed by atoms with E-state index in [4.69, 9.17) is 9.47 Å². The molecule has 9 heavy (non-hydrogen) atoms. The topological polar surface area (TPSA) is 18.5 Å². The first-order valence-corrected chi connectivity index (χ1v) is 3.57. The van der Waals surface area contributed by atoms with Gasteiger partial charge in [-0.3, -0.25) is 0 Å². The van der Waals surface area contributed by atoms with E-state index in [1.807, 2.05) is 0 Å². The van der Waals surface area contributed by atoms with Crippen LogP contribution >= 0.6 is 0 Å². The highest BCUT2D eigenvalue weighted by Crippen LogP contribution is 2.11. The van der Waals surface area contributed by atoms with Crippen LogP contribution < -0.4 is 0 Å². The molecule has 1 unspecified atom stereocenters. The van der Waals surface area contributed by atoms with Crippen molar-refractivity contribution in [2.45, 2.75) is 32.5 Å². The zero-order valence-corrected chi connectivity index (χ0v) is 6.09. The minimum atomic E-state index is 0.295. The van der Waals surface area contributed by atoms with Crippen LogP contribution in [0.15, 0.2) is 0 Å². The minimum Gasteiger partial charge on any atom is -0.373 e. The van der Waals surface area contributed by atoms with Gasteiger partial charge in [0.25, 0.3) is 0 Å². The second kappa shape index (κ2) is 3.18. The molecule has 0 radical (unpaired) electrons. The molecule has 1 fully saturated rings. The Kier molecular flexibility index (Phi) is 2.49. The largest absolute Gasteiger partial charge is 0.373 e. The molecular formula is C7H14O2. The summed E-state index contributed by atoms with van der Waals surface area (Å²) in [7, 11) is 0. The first-order chi connectivity index (χ1) is 4.34. The zero-order chi connectivity index (χ0) is 6.69. The van der Waals surface area contributed by atoms with Crippen molar-refractivity contribution in [3.05, 3.63) is 0 Å². The van der Waals surface area contributed by atoms with Crippen molar-refractivity contribution in [2.24, 2.45) is 0 Å². The third kappa shape index (κ3) is 1.66. The van der Waals surface area contributed by atoms with Gasteiger partial charge in [-0.05, 0) is 13.3 Å². The summed E-state index contributed by atoms with van der Waals surface area (Å²) in [5.41, 5.74) is 0. The Morgan fingerprint density at radius 2 is 2.00 bits per heavy atom. The maximum absolute atomic E-state index is 5.41. The molecule has 0 spiro atoms. The van der Waals surface area contributed by atoms with Crippen molar-refractivity contribution in [1.82, 2.24) is 0 Å². The lowest BCUT2D eigenvalue weighted by atomic mass is 10.1. The highest BCUT2D eigenvalue weighted by atomic mass is 16.6. The lowest BCUT2D eigenvalue weighted by Gasteiger charge is -2.28. The van der Waals surface area contributed by atoms with Crippen molar-refractivity contribution in [1.29, 1.82) is 0 Å². The van der Waals surface area contributed by atoms with E-state index in [2.05, 4.69) is 13.8 Å². The minimum absolute atomic E-state index is 0.295.